The van der Waals surface area contributed by atoms with Gasteiger partial charge in [-0.3, -0.25) is 0 Å². The van der Waals surface area contributed by atoms with Gasteiger partial charge in [0, 0.05) is 19.6 Å². The summed E-state index contributed by atoms with van der Waals surface area (Å²) in [6.07, 6.45) is 8.37. The molecule has 0 aromatic heterocycles. The summed E-state index contributed by atoms with van der Waals surface area (Å²) >= 11 is 0. The molecule has 2 heteroatoms. The van der Waals surface area contributed by atoms with Gasteiger partial charge in [0.05, 0.1) is 6.61 Å². The van der Waals surface area contributed by atoms with E-state index in [4.69, 9.17) is 9.47 Å². The van der Waals surface area contributed by atoms with Gasteiger partial charge in [0.15, 0.2) is 0 Å². The largest absolute Gasteiger partial charge is 0.494 e. The lowest BCUT2D eigenvalue weighted by Crippen LogP contribution is -2.04. The number of hydrogen-bond donors (Lipinski definition) is 0. The zero-order chi connectivity index (χ0) is 13.6. The van der Waals surface area contributed by atoms with Crippen molar-refractivity contribution in [2.75, 3.05) is 19.8 Å². The Hall–Kier alpha value is -1.02. The molecule has 0 atom stereocenters. The fourth-order valence-corrected chi connectivity index (χ4v) is 1.88. The molecule has 0 bridgehead atoms. The van der Waals surface area contributed by atoms with E-state index in [-0.39, 0.29) is 0 Å². The Kier molecular flexibility index (Phi) is 10.2. The van der Waals surface area contributed by atoms with Crippen LogP contribution in [0.2, 0.25) is 0 Å². The van der Waals surface area contributed by atoms with Gasteiger partial charge in [-0.2, -0.15) is 0 Å². The standard InChI is InChI=1S/C17H27O2/c1-2-3-4-5-6-10-14-18-15-11-16-19-17-12-8-7-9-13-17/h7-9,12-13H,1-6,10-11,14-16H2. The van der Waals surface area contributed by atoms with Crippen molar-refractivity contribution in [3.8, 4) is 5.75 Å². The van der Waals surface area contributed by atoms with Crippen molar-refractivity contribution in [2.24, 2.45) is 0 Å². The Balaban J connectivity index is 1.79. The molecular formula is C17H27O2. The summed E-state index contributed by atoms with van der Waals surface area (Å²) in [6, 6.07) is 9.92. The van der Waals surface area contributed by atoms with E-state index in [1.165, 1.54) is 32.1 Å². The van der Waals surface area contributed by atoms with E-state index >= 15 is 0 Å². The zero-order valence-electron chi connectivity index (χ0n) is 12.0. The molecular weight excluding hydrogens is 236 g/mol. The van der Waals surface area contributed by atoms with E-state index < -0.39 is 0 Å². The summed E-state index contributed by atoms with van der Waals surface area (Å²) in [5, 5.41) is 0. The second-order valence-corrected chi connectivity index (χ2v) is 4.75. The van der Waals surface area contributed by atoms with Crippen LogP contribution < -0.4 is 4.74 Å². The van der Waals surface area contributed by atoms with Gasteiger partial charge in [-0.05, 0) is 18.6 Å². The lowest BCUT2D eigenvalue weighted by molar-refractivity contribution is 0.116. The highest BCUT2D eigenvalue weighted by Crippen LogP contribution is 2.08. The van der Waals surface area contributed by atoms with Crippen LogP contribution in [-0.4, -0.2) is 19.8 Å². The minimum Gasteiger partial charge on any atom is -0.494 e. The second-order valence-electron chi connectivity index (χ2n) is 4.75. The SMILES string of the molecule is [CH2]CCCCCCCOCCCOc1ccccc1. The second kappa shape index (κ2) is 12.0. The van der Waals surface area contributed by atoms with Gasteiger partial charge in [0.1, 0.15) is 5.75 Å². The average Bonchev–Trinajstić information content (AvgIpc) is 2.46. The molecule has 1 rings (SSSR count). The van der Waals surface area contributed by atoms with Gasteiger partial charge in [0.25, 0.3) is 0 Å². The van der Waals surface area contributed by atoms with Crippen LogP contribution in [0.1, 0.15) is 44.9 Å². The fraction of sp³-hybridized carbons (Fsp3) is 0.588. The first kappa shape index (κ1) is 16.0. The van der Waals surface area contributed by atoms with Crippen LogP contribution in [-0.2, 0) is 4.74 Å². The molecule has 0 saturated carbocycles. The van der Waals surface area contributed by atoms with Gasteiger partial charge in [-0.25, -0.2) is 0 Å². The van der Waals surface area contributed by atoms with Crippen LogP contribution in [0.25, 0.3) is 0 Å². The summed E-state index contributed by atoms with van der Waals surface area (Å²) in [5.74, 6) is 0.938. The zero-order valence-corrected chi connectivity index (χ0v) is 12.0. The predicted molar refractivity (Wildman–Crippen MR) is 80.4 cm³/mol. The molecule has 107 valence electrons. The Labute approximate surface area is 118 Å². The van der Waals surface area contributed by atoms with Gasteiger partial charge < -0.3 is 9.47 Å². The smallest absolute Gasteiger partial charge is 0.119 e. The van der Waals surface area contributed by atoms with Gasteiger partial charge in [-0.15, -0.1) is 0 Å². The predicted octanol–water partition coefficient (Wildman–Crippen LogP) is 4.65. The van der Waals surface area contributed by atoms with E-state index in [0.717, 1.165) is 38.4 Å². The van der Waals surface area contributed by atoms with Crippen molar-refractivity contribution >= 4 is 0 Å². The van der Waals surface area contributed by atoms with E-state index in [9.17, 15) is 0 Å². The van der Waals surface area contributed by atoms with Crippen LogP contribution in [0, 0.1) is 6.92 Å². The molecule has 0 spiro atoms. The van der Waals surface area contributed by atoms with Gasteiger partial charge in [-0.1, -0.05) is 57.2 Å². The summed E-state index contributed by atoms with van der Waals surface area (Å²) in [5.41, 5.74) is 0. The molecule has 0 heterocycles. The van der Waals surface area contributed by atoms with Crippen molar-refractivity contribution < 1.29 is 9.47 Å². The number of rotatable bonds is 12. The van der Waals surface area contributed by atoms with E-state index in [1.807, 2.05) is 30.3 Å². The molecule has 0 aliphatic heterocycles. The first-order chi connectivity index (χ1) is 9.43. The molecule has 0 aliphatic rings. The fourth-order valence-electron chi connectivity index (χ4n) is 1.88. The van der Waals surface area contributed by atoms with Crippen molar-refractivity contribution in [1.29, 1.82) is 0 Å². The number of para-hydroxylation sites is 1. The van der Waals surface area contributed by atoms with Crippen LogP contribution in [0.4, 0.5) is 0 Å². The summed E-state index contributed by atoms with van der Waals surface area (Å²) in [6.45, 7) is 6.26. The van der Waals surface area contributed by atoms with Gasteiger partial charge >= 0.3 is 0 Å². The number of hydrogen-bond acceptors (Lipinski definition) is 2. The van der Waals surface area contributed by atoms with Crippen LogP contribution in [0.5, 0.6) is 5.75 Å². The van der Waals surface area contributed by atoms with Crippen molar-refractivity contribution in [3.05, 3.63) is 37.3 Å². The molecule has 1 aromatic rings. The number of ether oxygens (including phenoxy) is 2. The first-order valence-electron chi connectivity index (χ1n) is 7.48. The third-order valence-electron chi connectivity index (χ3n) is 2.98. The molecule has 0 aliphatic carbocycles. The van der Waals surface area contributed by atoms with Crippen LogP contribution in [0.15, 0.2) is 30.3 Å². The Morgan fingerprint density at radius 3 is 2.21 bits per heavy atom. The maximum atomic E-state index is 5.59. The minimum absolute atomic E-state index is 0.730. The summed E-state index contributed by atoms with van der Waals surface area (Å²) < 4.78 is 11.2. The average molecular weight is 263 g/mol. The maximum Gasteiger partial charge on any atom is 0.119 e. The van der Waals surface area contributed by atoms with Crippen molar-refractivity contribution in [3.63, 3.8) is 0 Å². The lowest BCUT2D eigenvalue weighted by Gasteiger charge is -2.06. The molecule has 1 aromatic carbocycles. The van der Waals surface area contributed by atoms with Crippen LogP contribution >= 0.6 is 0 Å². The van der Waals surface area contributed by atoms with Crippen molar-refractivity contribution in [1.82, 2.24) is 0 Å². The van der Waals surface area contributed by atoms with Gasteiger partial charge in [0.2, 0.25) is 0 Å². The third kappa shape index (κ3) is 9.54. The molecule has 19 heavy (non-hydrogen) atoms. The lowest BCUT2D eigenvalue weighted by atomic mass is 10.1. The Morgan fingerprint density at radius 1 is 0.737 bits per heavy atom. The monoisotopic (exact) mass is 263 g/mol. The molecule has 1 radical (unpaired) electrons. The minimum atomic E-state index is 0.730. The maximum absolute atomic E-state index is 5.59. The van der Waals surface area contributed by atoms with Crippen LogP contribution in [0.3, 0.4) is 0 Å². The van der Waals surface area contributed by atoms with Crippen molar-refractivity contribution in [2.45, 2.75) is 44.9 Å². The highest BCUT2D eigenvalue weighted by atomic mass is 16.5. The van der Waals surface area contributed by atoms with E-state index in [0.29, 0.717) is 0 Å². The normalized spacial score (nSPS) is 10.6. The Morgan fingerprint density at radius 2 is 1.42 bits per heavy atom. The highest BCUT2D eigenvalue weighted by Gasteiger charge is 1.93. The molecule has 0 fully saturated rings. The topological polar surface area (TPSA) is 18.5 Å². The third-order valence-corrected chi connectivity index (χ3v) is 2.98. The first-order valence-corrected chi connectivity index (χ1v) is 7.48. The summed E-state index contributed by atoms with van der Waals surface area (Å²) in [4.78, 5) is 0. The quantitative estimate of drug-likeness (QED) is 0.511. The highest BCUT2D eigenvalue weighted by molar-refractivity contribution is 5.20. The molecule has 0 amide bonds. The van der Waals surface area contributed by atoms with E-state index in [1.54, 1.807) is 0 Å². The number of unbranched alkanes of at least 4 members (excludes halogenated alkanes) is 5. The number of benzene rings is 1. The molecule has 0 unspecified atom stereocenters. The molecule has 0 N–H and O–H groups in total. The Bertz CT molecular complexity index is 285. The summed E-state index contributed by atoms with van der Waals surface area (Å²) in [7, 11) is 0. The molecule has 2 nitrogen and oxygen atoms in total. The van der Waals surface area contributed by atoms with E-state index in [2.05, 4.69) is 6.92 Å². The molecule has 0 saturated heterocycles.